The molecule has 1 heterocycles. The van der Waals surface area contributed by atoms with Crippen molar-refractivity contribution in [3.63, 3.8) is 0 Å². The van der Waals surface area contributed by atoms with Gasteiger partial charge >= 0.3 is 12.4 Å². The molecule has 1 aliphatic rings. The lowest BCUT2D eigenvalue weighted by atomic mass is 9.92. The minimum absolute atomic E-state index is 0.104. The number of nitrogens with one attached hydrogen (secondary N) is 2. The SMILES string of the molecule is Cc1ccc(NC(=O)CN2C(=O)NC(C)(c3ccc(OC(F)(F)F)cc3)C2=O)cc1[N+](=O)[O-]. The molecule has 0 bridgehead atoms. The zero-order valence-corrected chi connectivity index (χ0v) is 17.2. The van der Waals surface area contributed by atoms with Crippen molar-refractivity contribution in [3.05, 3.63) is 63.7 Å². The van der Waals surface area contributed by atoms with Crippen LogP contribution in [0.5, 0.6) is 5.75 Å². The summed E-state index contributed by atoms with van der Waals surface area (Å²) in [4.78, 5) is 48.7. The summed E-state index contributed by atoms with van der Waals surface area (Å²) in [5.74, 6) is -2.09. The first-order valence-corrected chi connectivity index (χ1v) is 9.35. The number of nitro benzene ring substituents is 1. The van der Waals surface area contributed by atoms with E-state index in [0.29, 0.717) is 10.5 Å². The zero-order chi connectivity index (χ0) is 24.6. The Balaban J connectivity index is 1.72. The van der Waals surface area contributed by atoms with Crippen LogP contribution in [0.1, 0.15) is 18.1 Å². The van der Waals surface area contributed by atoms with Crippen LogP contribution in [0.15, 0.2) is 42.5 Å². The zero-order valence-electron chi connectivity index (χ0n) is 17.2. The number of carbonyl (C=O) groups is 3. The van der Waals surface area contributed by atoms with Gasteiger partial charge in [-0.15, -0.1) is 13.2 Å². The van der Waals surface area contributed by atoms with Crippen molar-refractivity contribution in [1.82, 2.24) is 10.2 Å². The molecule has 2 aromatic rings. The molecule has 174 valence electrons. The second kappa shape index (κ2) is 8.41. The number of alkyl halides is 3. The first-order chi connectivity index (χ1) is 15.3. The molecule has 4 amide bonds. The van der Waals surface area contributed by atoms with E-state index in [-0.39, 0.29) is 16.9 Å². The molecule has 1 fully saturated rings. The average molecular weight is 466 g/mol. The molecule has 0 saturated carbocycles. The van der Waals surface area contributed by atoms with Crippen LogP contribution in [-0.4, -0.2) is 40.6 Å². The standard InChI is InChI=1S/C20H17F3N4O6/c1-11-3-6-13(9-15(11)27(31)32)24-16(28)10-26-17(29)19(2,25-18(26)30)12-4-7-14(8-5-12)33-20(21,22)23/h3-9H,10H2,1-2H3,(H,24,28)(H,25,30). The second-order valence-electron chi connectivity index (χ2n) is 7.33. The number of nitro groups is 1. The molecule has 2 N–H and O–H groups in total. The van der Waals surface area contributed by atoms with Crippen molar-refractivity contribution in [2.45, 2.75) is 25.7 Å². The molecule has 33 heavy (non-hydrogen) atoms. The fourth-order valence-corrected chi connectivity index (χ4v) is 3.25. The van der Waals surface area contributed by atoms with E-state index in [2.05, 4.69) is 15.4 Å². The minimum Gasteiger partial charge on any atom is -0.406 e. The molecule has 3 rings (SSSR count). The van der Waals surface area contributed by atoms with E-state index < -0.39 is 47.0 Å². The Morgan fingerprint density at radius 2 is 1.85 bits per heavy atom. The highest BCUT2D eigenvalue weighted by atomic mass is 19.4. The Kier molecular flexibility index (Phi) is 5.99. The van der Waals surface area contributed by atoms with Crippen LogP contribution < -0.4 is 15.4 Å². The summed E-state index contributed by atoms with van der Waals surface area (Å²) in [7, 11) is 0. The van der Waals surface area contributed by atoms with Gasteiger partial charge in [-0.2, -0.15) is 0 Å². The number of aryl methyl sites for hydroxylation is 1. The number of hydrogen-bond acceptors (Lipinski definition) is 6. The number of halogens is 3. The highest BCUT2D eigenvalue weighted by molar-refractivity contribution is 6.10. The van der Waals surface area contributed by atoms with Gasteiger partial charge in [0.2, 0.25) is 5.91 Å². The molecule has 2 aromatic carbocycles. The maximum absolute atomic E-state index is 12.9. The predicted molar refractivity (Wildman–Crippen MR) is 107 cm³/mol. The summed E-state index contributed by atoms with van der Waals surface area (Å²) in [6, 6.07) is 7.49. The second-order valence-corrected chi connectivity index (χ2v) is 7.33. The van der Waals surface area contributed by atoms with Gasteiger partial charge < -0.3 is 15.4 Å². The Morgan fingerprint density at radius 1 is 1.21 bits per heavy atom. The van der Waals surface area contributed by atoms with Gasteiger partial charge in [0.15, 0.2) is 0 Å². The average Bonchev–Trinajstić information content (AvgIpc) is 2.92. The Labute approximate surface area is 184 Å². The van der Waals surface area contributed by atoms with Crippen LogP contribution in [0.2, 0.25) is 0 Å². The number of rotatable bonds is 6. The van der Waals surface area contributed by atoms with Gasteiger partial charge in [-0.25, -0.2) is 4.79 Å². The summed E-state index contributed by atoms with van der Waals surface area (Å²) in [5.41, 5.74) is -1.18. The molecule has 13 heteroatoms. The Morgan fingerprint density at radius 3 is 2.42 bits per heavy atom. The van der Waals surface area contributed by atoms with Crippen molar-refractivity contribution in [3.8, 4) is 5.75 Å². The first kappa shape index (κ1) is 23.5. The van der Waals surface area contributed by atoms with E-state index in [1.807, 2.05) is 0 Å². The quantitative estimate of drug-likeness (QED) is 0.382. The fourth-order valence-electron chi connectivity index (χ4n) is 3.25. The largest absolute Gasteiger partial charge is 0.573 e. The van der Waals surface area contributed by atoms with Crippen molar-refractivity contribution in [1.29, 1.82) is 0 Å². The van der Waals surface area contributed by atoms with Gasteiger partial charge in [-0.3, -0.25) is 24.6 Å². The number of benzene rings is 2. The number of hydrogen-bond donors (Lipinski definition) is 2. The van der Waals surface area contributed by atoms with Crippen molar-refractivity contribution in [2.24, 2.45) is 0 Å². The molecule has 0 radical (unpaired) electrons. The third-order valence-corrected chi connectivity index (χ3v) is 4.93. The van der Waals surface area contributed by atoms with Crippen molar-refractivity contribution in [2.75, 3.05) is 11.9 Å². The van der Waals surface area contributed by atoms with E-state index in [4.69, 9.17) is 0 Å². The monoisotopic (exact) mass is 466 g/mol. The number of anilines is 1. The van der Waals surface area contributed by atoms with Crippen LogP contribution in [0.3, 0.4) is 0 Å². The third-order valence-electron chi connectivity index (χ3n) is 4.93. The minimum atomic E-state index is -4.88. The highest BCUT2D eigenvalue weighted by Crippen LogP contribution is 2.31. The van der Waals surface area contributed by atoms with Crippen LogP contribution in [0, 0.1) is 17.0 Å². The molecule has 0 aromatic heterocycles. The van der Waals surface area contributed by atoms with Crippen molar-refractivity contribution >= 4 is 29.2 Å². The van der Waals surface area contributed by atoms with Gasteiger partial charge in [0.25, 0.3) is 11.6 Å². The van der Waals surface area contributed by atoms with Crippen LogP contribution in [0.4, 0.5) is 29.3 Å². The lowest BCUT2D eigenvalue weighted by molar-refractivity contribution is -0.385. The predicted octanol–water partition coefficient (Wildman–Crippen LogP) is 3.21. The normalized spacial score (nSPS) is 18.2. The molecule has 1 saturated heterocycles. The van der Waals surface area contributed by atoms with E-state index in [1.165, 1.54) is 38.1 Å². The Bertz CT molecular complexity index is 1140. The summed E-state index contributed by atoms with van der Waals surface area (Å²) in [6.45, 7) is 2.19. The molecule has 10 nitrogen and oxygen atoms in total. The third kappa shape index (κ3) is 5.02. The number of amides is 4. The lowest BCUT2D eigenvalue weighted by Gasteiger charge is -2.22. The van der Waals surface area contributed by atoms with E-state index in [9.17, 15) is 37.7 Å². The number of urea groups is 1. The lowest BCUT2D eigenvalue weighted by Crippen LogP contribution is -2.42. The van der Waals surface area contributed by atoms with Crippen LogP contribution in [-0.2, 0) is 15.1 Å². The first-order valence-electron chi connectivity index (χ1n) is 9.35. The van der Waals surface area contributed by atoms with Crippen LogP contribution in [0.25, 0.3) is 0 Å². The van der Waals surface area contributed by atoms with Gasteiger partial charge in [0.05, 0.1) is 4.92 Å². The Hall–Kier alpha value is -4.16. The molecule has 0 aliphatic carbocycles. The van der Waals surface area contributed by atoms with Gasteiger partial charge in [0, 0.05) is 17.3 Å². The van der Waals surface area contributed by atoms with Gasteiger partial charge in [-0.05, 0) is 37.6 Å². The molecule has 1 aliphatic heterocycles. The number of carbonyl (C=O) groups excluding carboxylic acids is 3. The van der Waals surface area contributed by atoms with Crippen LogP contribution >= 0.6 is 0 Å². The summed E-state index contributed by atoms with van der Waals surface area (Å²) in [5, 5.41) is 15.9. The highest BCUT2D eigenvalue weighted by Gasteiger charge is 2.49. The van der Waals surface area contributed by atoms with Crippen molar-refractivity contribution < 1.29 is 37.2 Å². The molecule has 0 spiro atoms. The van der Waals surface area contributed by atoms with E-state index in [1.54, 1.807) is 0 Å². The molecule has 1 unspecified atom stereocenters. The summed E-state index contributed by atoms with van der Waals surface area (Å²) >= 11 is 0. The number of imide groups is 1. The van der Waals surface area contributed by atoms with Gasteiger partial charge in [-0.1, -0.05) is 18.2 Å². The number of nitrogens with zero attached hydrogens (tertiary/aromatic N) is 2. The smallest absolute Gasteiger partial charge is 0.406 e. The van der Waals surface area contributed by atoms with E-state index >= 15 is 0 Å². The number of ether oxygens (including phenoxy) is 1. The summed E-state index contributed by atoms with van der Waals surface area (Å²) in [6.07, 6.45) is -4.88. The molecule has 1 atom stereocenters. The molecular weight excluding hydrogens is 449 g/mol. The fraction of sp³-hybridized carbons (Fsp3) is 0.250. The molecular formula is C20H17F3N4O6. The van der Waals surface area contributed by atoms with E-state index in [0.717, 1.165) is 18.2 Å². The maximum Gasteiger partial charge on any atom is 0.573 e. The van der Waals surface area contributed by atoms with Gasteiger partial charge in [0.1, 0.15) is 17.8 Å². The topological polar surface area (TPSA) is 131 Å². The summed E-state index contributed by atoms with van der Waals surface area (Å²) < 4.78 is 40.8. The maximum atomic E-state index is 12.9.